The first kappa shape index (κ1) is 27.0. The lowest BCUT2D eigenvalue weighted by atomic mass is 10.0. The van der Waals surface area contributed by atoms with Gasteiger partial charge < -0.3 is 20.2 Å². The van der Waals surface area contributed by atoms with Crippen LogP contribution in [0.15, 0.2) is 45.5 Å². The van der Waals surface area contributed by atoms with Crippen molar-refractivity contribution in [2.45, 2.75) is 18.0 Å². The molecule has 0 radical (unpaired) electrons. The van der Waals surface area contributed by atoms with Gasteiger partial charge in [0.1, 0.15) is 36.5 Å². The average Bonchev–Trinajstić information content (AvgIpc) is 3.37. The zero-order valence-corrected chi connectivity index (χ0v) is 21.7. The summed E-state index contributed by atoms with van der Waals surface area (Å²) in [5.74, 6) is -2.00. The number of nitrogens with one attached hydrogen (secondary N) is 2. The molecule has 2 aliphatic heterocycles. The second-order valence-electron chi connectivity index (χ2n) is 7.54. The maximum atomic E-state index is 13.0. The van der Waals surface area contributed by atoms with Gasteiger partial charge in [-0.25, -0.2) is 9.78 Å². The maximum Gasteiger partial charge on any atom is 0.356 e. The minimum atomic E-state index is -0.997. The SMILES string of the molecule is CON=C(C(=O)NC1C(=O)N2C(C(=O)OCc3ccc([N+](=O)[O-])cc3)=C(Cl)CS[C@@H]12)c1csc(NC=O)n1. The molecule has 3 amide bonds. The number of ether oxygens (including phenoxy) is 1. The lowest BCUT2D eigenvalue weighted by molar-refractivity contribution is -0.384. The van der Waals surface area contributed by atoms with E-state index in [9.17, 15) is 29.3 Å². The third-order valence-electron chi connectivity index (χ3n) is 5.25. The zero-order valence-electron chi connectivity index (χ0n) is 19.3. The molecule has 38 heavy (non-hydrogen) atoms. The molecule has 0 spiro atoms. The van der Waals surface area contributed by atoms with E-state index in [0.717, 1.165) is 16.2 Å². The summed E-state index contributed by atoms with van der Waals surface area (Å²) in [5.41, 5.74) is 0.163. The van der Waals surface area contributed by atoms with Crippen molar-refractivity contribution in [1.29, 1.82) is 0 Å². The van der Waals surface area contributed by atoms with E-state index in [2.05, 4.69) is 20.8 Å². The number of anilines is 1. The van der Waals surface area contributed by atoms with Crippen molar-refractivity contribution in [3.8, 4) is 0 Å². The van der Waals surface area contributed by atoms with Crippen molar-refractivity contribution in [3.05, 3.63) is 61.7 Å². The van der Waals surface area contributed by atoms with E-state index in [4.69, 9.17) is 21.2 Å². The predicted molar refractivity (Wildman–Crippen MR) is 136 cm³/mol. The number of carbonyl (C=O) groups is 4. The van der Waals surface area contributed by atoms with Gasteiger partial charge in [0, 0.05) is 23.3 Å². The van der Waals surface area contributed by atoms with E-state index in [1.165, 1.54) is 48.5 Å². The van der Waals surface area contributed by atoms with Crippen molar-refractivity contribution >= 4 is 75.4 Å². The first-order valence-electron chi connectivity index (χ1n) is 10.6. The number of β-lactam (4-membered cyclic amide) rings is 1. The number of thioether (sulfide) groups is 1. The van der Waals surface area contributed by atoms with Crippen LogP contribution in [0.2, 0.25) is 0 Å². The molecule has 17 heteroatoms. The van der Waals surface area contributed by atoms with Crippen LogP contribution in [0.1, 0.15) is 11.3 Å². The van der Waals surface area contributed by atoms with Gasteiger partial charge in [-0.3, -0.25) is 29.4 Å². The number of benzene rings is 1. The number of amides is 3. The van der Waals surface area contributed by atoms with Crippen LogP contribution in [-0.4, -0.2) is 69.0 Å². The number of carbonyl (C=O) groups excluding carboxylic acids is 4. The van der Waals surface area contributed by atoms with Crippen LogP contribution in [0.5, 0.6) is 0 Å². The van der Waals surface area contributed by atoms with Gasteiger partial charge >= 0.3 is 5.97 Å². The molecule has 4 rings (SSSR count). The number of esters is 1. The molecule has 2 aliphatic rings. The summed E-state index contributed by atoms with van der Waals surface area (Å²) in [6, 6.07) is 4.45. The lowest BCUT2D eigenvalue weighted by Gasteiger charge is -2.49. The highest BCUT2D eigenvalue weighted by atomic mass is 35.5. The summed E-state index contributed by atoms with van der Waals surface area (Å²) < 4.78 is 5.29. The van der Waals surface area contributed by atoms with Gasteiger partial charge in [-0.05, 0) is 17.7 Å². The van der Waals surface area contributed by atoms with Crippen LogP contribution in [0, 0.1) is 10.1 Å². The molecule has 0 saturated carbocycles. The summed E-state index contributed by atoms with van der Waals surface area (Å²) in [6.07, 6.45) is 0.435. The summed E-state index contributed by atoms with van der Waals surface area (Å²) in [4.78, 5) is 69.6. The molecular formula is C21H17ClN6O8S2. The van der Waals surface area contributed by atoms with E-state index in [0.29, 0.717) is 12.0 Å². The Morgan fingerprint density at radius 3 is 2.76 bits per heavy atom. The Bertz CT molecular complexity index is 1360. The Labute approximate surface area is 227 Å². The third kappa shape index (κ3) is 5.46. The van der Waals surface area contributed by atoms with Crippen LogP contribution >= 0.6 is 34.7 Å². The van der Waals surface area contributed by atoms with E-state index in [1.807, 2.05) is 0 Å². The van der Waals surface area contributed by atoms with E-state index >= 15 is 0 Å². The standard InChI is InChI=1S/C21H17ClN6O8S2/c1-35-26-14(13-8-38-21(24-13)23-9-29)17(30)25-15-18(31)27-16(12(22)7-37-19(15)27)20(32)36-6-10-2-4-11(5-3-10)28(33)34/h2-5,8-9,15,19H,6-7H2,1H3,(H,25,30)(H,23,24,29)/t15?,19-/m0/s1. The molecule has 2 aromatic rings. The van der Waals surface area contributed by atoms with E-state index < -0.39 is 34.1 Å². The average molecular weight is 581 g/mol. The number of thiazole rings is 1. The van der Waals surface area contributed by atoms with E-state index in [1.54, 1.807) is 0 Å². The number of hydrogen-bond acceptors (Lipinski definition) is 12. The summed E-state index contributed by atoms with van der Waals surface area (Å²) >= 11 is 8.56. The highest BCUT2D eigenvalue weighted by Crippen LogP contribution is 2.41. The highest BCUT2D eigenvalue weighted by molar-refractivity contribution is 8.00. The minimum Gasteiger partial charge on any atom is -0.456 e. The molecule has 1 unspecified atom stereocenters. The number of non-ortho nitro benzene ring substituents is 1. The zero-order chi connectivity index (χ0) is 27.4. The number of fused-ring (bicyclic) bond motifs is 1. The molecule has 1 fully saturated rings. The second-order valence-corrected chi connectivity index (χ2v) is 9.96. The Balaban J connectivity index is 1.42. The second kappa shape index (κ2) is 11.6. The molecule has 2 N–H and O–H groups in total. The molecule has 14 nitrogen and oxygen atoms in total. The van der Waals surface area contributed by atoms with Crippen molar-refractivity contribution in [2.75, 3.05) is 18.2 Å². The normalized spacial score (nSPS) is 18.7. The number of rotatable bonds is 10. The molecule has 1 saturated heterocycles. The lowest BCUT2D eigenvalue weighted by Crippen LogP contribution is -2.71. The number of halogens is 1. The minimum absolute atomic E-state index is 0.108. The van der Waals surface area contributed by atoms with Crippen LogP contribution in [0.4, 0.5) is 10.8 Å². The Hall–Kier alpha value is -4.02. The maximum absolute atomic E-state index is 13.0. The Kier molecular flexibility index (Phi) is 8.23. The van der Waals surface area contributed by atoms with Gasteiger partial charge in [0.05, 0.1) is 9.96 Å². The fourth-order valence-corrected chi connectivity index (χ4v) is 5.71. The Morgan fingerprint density at radius 1 is 1.37 bits per heavy atom. The number of nitro groups is 1. The fourth-order valence-electron chi connectivity index (χ4n) is 3.51. The smallest absolute Gasteiger partial charge is 0.356 e. The van der Waals surface area contributed by atoms with Gasteiger partial charge in [-0.1, -0.05) is 16.8 Å². The molecular weight excluding hydrogens is 564 g/mol. The van der Waals surface area contributed by atoms with Crippen LogP contribution in [-0.2, 0) is 35.4 Å². The molecule has 0 aliphatic carbocycles. The fraction of sp³-hybridized carbons (Fsp3) is 0.238. The summed E-state index contributed by atoms with van der Waals surface area (Å²) in [6.45, 7) is -0.198. The molecule has 198 valence electrons. The molecule has 2 atom stereocenters. The summed E-state index contributed by atoms with van der Waals surface area (Å²) in [7, 11) is 1.23. The number of oxime groups is 1. The van der Waals surface area contributed by atoms with Crippen molar-refractivity contribution in [2.24, 2.45) is 5.16 Å². The largest absolute Gasteiger partial charge is 0.456 e. The topological polar surface area (TPSA) is 182 Å². The van der Waals surface area contributed by atoms with Gasteiger partial charge in [0.15, 0.2) is 10.8 Å². The van der Waals surface area contributed by atoms with Crippen LogP contribution < -0.4 is 10.6 Å². The Morgan fingerprint density at radius 2 is 2.11 bits per heavy atom. The van der Waals surface area contributed by atoms with Crippen molar-refractivity contribution < 1.29 is 33.7 Å². The van der Waals surface area contributed by atoms with E-state index in [-0.39, 0.29) is 45.3 Å². The molecule has 3 heterocycles. The third-order valence-corrected chi connectivity index (χ3v) is 7.77. The quantitative estimate of drug-likeness (QED) is 0.104. The number of aromatic nitrogens is 1. The van der Waals surface area contributed by atoms with Crippen molar-refractivity contribution in [3.63, 3.8) is 0 Å². The van der Waals surface area contributed by atoms with Crippen LogP contribution in [0.25, 0.3) is 0 Å². The summed E-state index contributed by atoms with van der Waals surface area (Å²) in [5, 5.41) is 20.6. The molecule has 1 aromatic heterocycles. The molecule has 0 bridgehead atoms. The highest BCUT2D eigenvalue weighted by Gasteiger charge is 2.54. The molecule has 1 aromatic carbocycles. The van der Waals surface area contributed by atoms with Gasteiger partial charge in [0.25, 0.3) is 17.5 Å². The first-order valence-corrected chi connectivity index (χ1v) is 12.9. The number of hydrogen-bond donors (Lipinski definition) is 2. The van der Waals surface area contributed by atoms with Gasteiger partial charge in [-0.2, -0.15) is 0 Å². The number of nitrogens with zero attached hydrogens (tertiary/aromatic N) is 4. The van der Waals surface area contributed by atoms with Gasteiger partial charge in [0.2, 0.25) is 6.41 Å². The predicted octanol–water partition coefficient (Wildman–Crippen LogP) is 1.56. The van der Waals surface area contributed by atoms with Crippen molar-refractivity contribution in [1.82, 2.24) is 15.2 Å². The number of nitro benzene ring substituents is 1. The van der Waals surface area contributed by atoms with Crippen LogP contribution in [0.3, 0.4) is 0 Å². The van der Waals surface area contributed by atoms with Gasteiger partial charge in [-0.15, -0.1) is 23.1 Å². The first-order chi connectivity index (χ1) is 18.2. The monoisotopic (exact) mass is 580 g/mol.